The van der Waals surface area contributed by atoms with Crippen LogP contribution in [0.3, 0.4) is 0 Å². The van der Waals surface area contributed by atoms with Gasteiger partial charge >= 0.3 is 5.97 Å². The fraction of sp³-hybridized carbons (Fsp3) is 0.462. The second-order valence-corrected chi connectivity index (χ2v) is 3.99. The molecule has 0 aliphatic heterocycles. The van der Waals surface area contributed by atoms with E-state index in [4.69, 9.17) is 5.11 Å². The molecule has 0 heterocycles. The third-order valence-electron chi connectivity index (χ3n) is 2.67. The Labute approximate surface area is 95.7 Å². The Bertz CT molecular complexity index is 321. The molecule has 16 heavy (non-hydrogen) atoms. The normalized spacial score (nSPS) is 14.4. The van der Waals surface area contributed by atoms with Crippen LogP contribution in [0.25, 0.3) is 0 Å². The number of carboxylic acids is 1. The maximum absolute atomic E-state index is 11.0. The molecule has 0 spiro atoms. The molecule has 2 N–H and O–H groups in total. The van der Waals surface area contributed by atoms with E-state index in [0.29, 0.717) is 12.8 Å². The number of rotatable bonds is 6. The predicted octanol–water partition coefficient (Wildman–Crippen LogP) is 2.09. The third kappa shape index (κ3) is 3.66. The van der Waals surface area contributed by atoms with Crippen LogP contribution in [0.15, 0.2) is 30.3 Å². The number of aliphatic carboxylic acids is 1. The van der Waals surface area contributed by atoms with Crippen LogP contribution in [-0.2, 0) is 11.2 Å². The summed E-state index contributed by atoms with van der Waals surface area (Å²) in [6, 6.07) is 9.47. The molecule has 88 valence electrons. The smallest absolute Gasteiger partial charge is 0.309 e. The summed E-state index contributed by atoms with van der Waals surface area (Å²) in [5.74, 6) is -1.57. The standard InChI is InChI=1S/C13H18O3/c1-2-6-11(13(15)16)12(14)9-10-7-4-3-5-8-10/h3-5,7-8,11-12,14H,2,6,9H2,1H3,(H,15,16). The number of aliphatic hydroxyl groups is 1. The largest absolute Gasteiger partial charge is 0.481 e. The van der Waals surface area contributed by atoms with Crippen LogP contribution in [0.4, 0.5) is 0 Å². The van der Waals surface area contributed by atoms with Crippen molar-refractivity contribution in [2.45, 2.75) is 32.3 Å². The van der Waals surface area contributed by atoms with Crippen molar-refractivity contribution in [3.05, 3.63) is 35.9 Å². The van der Waals surface area contributed by atoms with Crippen LogP contribution in [0.2, 0.25) is 0 Å². The van der Waals surface area contributed by atoms with E-state index in [1.165, 1.54) is 0 Å². The highest BCUT2D eigenvalue weighted by molar-refractivity contribution is 5.70. The first-order chi connectivity index (χ1) is 7.65. The summed E-state index contributed by atoms with van der Waals surface area (Å²) in [5.41, 5.74) is 0.970. The fourth-order valence-electron chi connectivity index (χ4n) is 1.79. The van der Waals surface area contributed by atoms with Gasteiger partial charge in [-0.05, 0) is 18.4 Å². The molecule has 1 rings (SSSR count). The minimum Gasteiger partial charge on any atom is -0.481 e. The molecule has 0 saturated heterocycles. The SMILES string of the molecule is CCCC(C(=O)O)C(O)Cc1ccccc1. The van der Waals surface area contributed by atoms with Crippen LogP contribution < -0.4 is 0 Å². The zero-order chi connectivity index (χ0) is 12.0. The number of benzene rings is 1. The summed E-state index contributed by atoms with van der Waals surface area (Å²) < 4.78 is 0. The van der Waals surface area contributed by atoms with Gasteiger partial charge in [-0.2, -0.15) is 0 Å². The Hall–Kier alpha value is -1.35. The molecule has 2 unspecified atom stereocenters. The highest BCUT2D eigenvalue weighted by atomic mass is 16.4. The van der Waals surface area contributed by atoms with Gasteiger partial charge in [0.2, 0.25) is 0 Å². The van der Waals surface area contributed by atoms with Crippen LogP contribution in [0, 0.1) is 5.92 Å². The lowest BCUT2D eigenvalue weighted by atomic mass is 9.92. The molecule has 1 aromatic rings. The van der Waals surface area contributed by atoms with Gasteiger partial charge in [-0.25, -0.2) is 0 Å². The number of hydrogen-bond donors (Lipinski definition) is 2. The van der Waals surface area contributed by atoms with Gasteiger partial charge in [0.25, 0.3) is 0 Å². The van der Waals surface area contributed by atoms with Gasteiger partial charge in [-0.3, -0.25) is 4.79 Å². The molecule has 3 heteroatoms. The van der Waals surface area contributed by atoms with Gasteiger partial charge in [0, 0.05) is 0 Å². The molecule has 2 atom stereocenters. The van der Waals surface area contributed by atoms with E-state index in [2.05, 4.69) is 0 Å². The summed E-state index contributed by atoms with van der Waals surface area (Å²) in [4.78, 5) is 11.0. The summed E-state index contributed by atoms with van der Waals surface area (Å²) in [7, 11) is 0. The Morgan fingerprint density at radius 2 is 1.94 bits per heavy atom. The van der Waals surface area contributed by atoms with Crippen LogP contribution in [0.1, 0.15) is 25.3 Å². The van der Waals surface area contributed by atoms with E-state index in [-0.39, 0.29) is 0 Å². The lowest BCUT2D eigenvalue weighted by Gasteiger charge is -2.18. The van der Waals surface area contributed by atoms with Crippen LogP contribution in [0.5, 0.6) is 0 Å². The highest BCUT2D eigenvalue weighted by Crippen LogP contribution is 2.16. The second kappa shape index (κ2) is 6.28. The summed E-state index contributed by atoms with van der Waals surface area (Å²) in [6.45, 7) is 1.92. The maximum Gasteiger partial charge on any atom is 0.309 e. The van der Waals surface area contributed by atoms with Gasteiger partial charge < -0.3 is 10.2 Å². The first kappa shape index (κ1) is 12.7. The van der Waals surface area contributed by atoms with Crippen molar-refractivity contribution in [2.24, 2.45) is 5.92 Å². The molecule has 0 amide bonds. The summed E-state index contributed by atoms with van der Waals surface area (Å²) in [6.07, 6.45) is 0.879. The minimum absolute atomic E-state index is 0.401. The van der Waals surface area contributed by atoms with Gasteiger partial charge in [0.15, 0.2) is 0 Å². The minimum atomic E-state index is -0.912. The van der Waals surface area contributed by atoms with E-state index < -0.39 is 18.0 Å². The molecule has 0 aromatic heterocycles. The number of hydrogen-bond acceptors (Lipinski definition) is 2. The van der Waals surface area contributed by atoms with Crippen molar-refractivity contribution in [3.63, 3.8) is 0 Å². The van der Waals surface area contributed by atoms with Gasteiger partial charge in [-0.15, -0.1) is 0 Å². The maximum atomic E-state index is 11.0. The molecule has 0 fully saturated rings. The van der Waals surface area contributed by atoms with Crippen LogP contribution >= 0.6 is 0 Å². The number of carboxylic acid groups (broad SMARTS) is 1. The predicted molar refractivity (Wildman–Crippen MR) is 62.2 cm³/mol. The topological polar surface area (TPSA) is 57.5 Å². The Kier molecular flexibility index (Phi) is 4.99. The van der Waals surface area contributed by atoms with E-state index in [0.717, 1.165) is 12.0 Å². The van der Waals surface area contributed by atoms with Gasteiger partial charge in [-0.1, -0.05) is 43.7 Å². The molecular weight excluding hydrogens is 204 g/mol. The van der Waals surface area contributed by atoms with Crippen molar-refractivity contribution in [2.75, 3.05) is 0 Å². The first-order valence-electron chi connectivity index (χ1n) is 5.60. The molecular formula is C13H18O3. The fourth-order valence-corrected chi connectivity index (χ4v) is 1.79. The lowest BCUT2D eigenvalue weighted by Crippen LogP contribution is -2.29. The Balaban J connectivity index is 2.62. The monoisotopic (exact) mass is 222 g/mol. The van der Waals surface area contributed by atoms with Gasteiger partial charge in [0.05, 0.1) is 12.0 Å². The van der Waals surface area contributed by atoms with E-state index in [9.17, 15) is 9.90 Å². The zero-order valence-electron chi connectivity index (χ0n) is 9.47. The molecule has 0 aliphatic carbocycles. The quantitative estimate of drug-likeness (QED) is 0.774. The molecule has 1 aromatic carbocycles. The van der Waals surface area contributed by atoms with Crippen molar-refractivity contribution >= 4 is 5.97 Å². The van der Waals surface area contributed by atoms with Crippen molar-refractivity contribution in [3.8, 4) is 0 Å². The lowest BCUT2D eigenvalue weighted by molar-refractivity contribution is -0.146. The zero-order valence-corrected chi connectivity index (χ0v) is 9.47. The third-order valence-corrected chi connectivity index (χ3v) is 2.67. The summed E-state index contributed by atoms with van der Waals surface area (Å²) >= 11 is 0. The Morgan fingerprint density at radius 3 is 2.44 bits per heavy atom. The first-order valence-corrected chi connectivity index (χ1v) is 5.60. The number of aliphatic hydroxyl groups excluding tert-OH is 1. The van der Waals surface area contributed by atoms with Crippen molar-refractivity contribution in [1.82, 2.24) is 0 Å². The number of carbonyl (C=O) groups is 1. The van der Waals surface area contributed by atoms with E-state index in [1.54, 1.807) is 0 Å². The van der Waals surface area contributed by atoms with E-state index in [1.807, 2.05) is 37.3 Å². The van der Waals surface area contributed by atoms with Gasteiger partial charge in [0.1, 0.15) is 0 Å². The average Bonchev–Trinajstić information content (AvgIpc) is 2.26. The molecule has 0 bridgehead atoms. The van der Waals surface area contributed by atoms with E-state index >= 15 is 0 Å². The van der Waals surface area contributed by atoms with Crippen molar-refractivity contribution in [1.29, 1.82) is 0 Å². The molecule has 0 aliphatic rings. The average molecular weight is 222 g/mol. The van der Waals surface area contributed by atoms with Crippen LogP contribution in [-0.4, -0.2) is 22.3 Å². The second-order valence-electron chi connectivity index (χ2n) is 3.99. The molecule has 0 saturated carbocycles. The molecule has 0 radical (unpaired) electrons. The molecule has 3 nitrogen and oxygen atoms in total. The summed E-state index contributed by atoms with van der Waals surface area (Å²) in [5, 5.41) is 18.9. The highest BCUT2D eigenvalue weighted by Gasteiger charge is 2.25. The van der Waals surface area contributed by atoms with Crippen molar-refractivity contribution < 1.29 is 15.0 Å². The Morgan fingerprint density at radius 1 is 1.31 bits per heavy atom.